The Morgan fingerprint density at radius 3 is 2.83 bits per heavy atom. The largest absolute Gasteiger partial charge is 0.382 e. The first kappa shape index (κ1) is 10.8. The molecular weight excluding hydrogens is 230 g/mol. The monoisotopic (exact) mass is 241 g/mol. The van der Waals surface area contributed by atoms with E-state index in [1.54, 1.807) is 30.3 Å². The number of aromatic nitrogens is 5. The lowest BCUT2D eigenvalue weighted by Crippen LogP contribution is -2.07. The second-order valence-corrected chi connectivity index (χ2v) is 3.96. The Morgan fingerprint density at radius 2 is 2.06 bits per heavy atom. The minimum absolute atomic E-state index is 0.619. The highest BCUT2D eigenvalue weighted by molar-refractivity contribution is 5.78. The van der Waals surface area contributed by atoms with Crippen molar-refractivity contribution in [2.45, 2.75) is 6.10 Å². The predicted octanol–water partition coefficient (Wildman–Crippen LogP) is 0.840. The van der Waals surface area contributed by atoms with Crippen LogP contribution in [0.2, 0.25) is 0 Å². The molecule has 1 unspecified atom stereocenters. The van der Waals surface area contributed by atoms with Gasteiger partial charge in [-0.25, -0.2) is 4.68 Å². The zero-order chi connectivity index (χ0) is 12.5. The Kier molecular flexibility index (Phi) is 2.49. The molecular formula is C12H11N5O. The van der Waals surface area contributed by atoms with E-state index in [0.717, 1.165) is 5.52 Å². The van der Waals surface area contributed by atoms with E-state index in [9.17, 15) is 5.11 Å². The molecule has 0 aliphatic heterocycles. The van der Waals surface area contributed by atoms with Gasteiger partial charge in [0.15, 0.2) is 0 Å². The van der Waals surface area contributed by atoms with Gasteiger partial charge in [-0.15, -0.1) is 5.10 Å². The van der Waals surface area contributed by atoms with Crippen LogP contribution in [0.5, 0.6) is 0 Å². The predicted molar refractivity (Wildman–Crippen MR) is 64.6 cm³/mol. The summed E-state index contributed by atoms with van der Waals surface area (Å²) in [5.74, 6) is 0. The number of para-hydroxylation sites is 1. The van der Waals surface area contributed by atoms with E-state index in [2.05, 4.69) is 20.3 Å². The zero-order valence-corrected chi connectivity index (χ0v) is 9.72. The SMILES string of the molecule is Cn1nncc1C(O)c1cccc2nccnc12. The molecule has 0 bridgehead atoms. The van der Waals surface area contributed by atoms with Crippen molar-refractivity contribution in [1.82, 2.24) is 25.0 Å². The van der Waals surface area contributed by atoms with Crippen molar-refractivity contribution in [3.05, 3.63) is 48.0 Å². The number of fused-ring (bicyclic) bond motifs is 1. The summed E-state index contributed by atoms with van der Waals surface area (Å²) in [6.45, 7) is 0. The molecule has 2 heterocycles. The summed E-state index contributed by atoms with van der Waals surface area (Å²) in [5.41, 5.74) is 2.76. The highest BCUT2D eigenvalue weighted by atomic mass is 16.3. The maximum atomic E-state index is 10.4. The average molecular weight is 241 g/mol. The second kappa shape index (κ2) is 4.15. The Balaban J connectivity index is 2.18. The van der Waals surface area contributed by atoms with Crippen LogP contribution in [0.15, 0.2) is 36.8 Å². The standard InChI is InChI=1S/C12H11N5O/c1-17-10(7-15-16-17)12(18)8-3-2-4-9-11(8)14-6-5-13-9/h2-7,12,18H,1H3. The Bertz CT molecular complexity index is 688. The van der Waals surface area contributed by atoms with Crippen molar-refractivity contribution in [3.63, 3.8) is 0 Å². The van der Waals surface area contributed by atoms with Gasteiger partial charge >= 0.3 is 0 Å². The third-order valence-corrected chi connectivity index (χ3v) is 2.85. The Morgan fingerprint density at radius 1 is 1.22 bits per heavy atom. The fourth-order valence-corrected chi connectivity index (χ4v) is 1.94. The van der Waals surface area contributed by atoms with Crippen molar-refractivity contribution in [2.24, 2.45) is 7.05 Å². The van der Waals surface area contributed by atoms with E-state index in [-0.39, 0.29) is 0 Å². The molecule has 1 atom stereocenters. The third-order valence-electron chi connectivity index (χ3n) is 2.85. The Hall–Kier alpha value is -2.34. The molecule has 0 radical (unpaired) electrons. The molecule has 0 fully saturated rings. The van der Waals surface area contributed by atoms with Crippen molar-refractivity contribution in [2.75, 3.05) is 0 Å². The van der Waals surface area contributed by atoms with Crippen LogP contribution < -0.4 is 0 Å². The van der Waals surface area contributed by atoms with E-state index >= 15 is 0 Å². The molecule has 1 N–H and O–H groups in total. The molecule has 1 aromatic carbocycles. The van der Waals surface area contributed by atoms with Crippen LogP contribution in [0.1, 0.15) is 17.4 Å². The summed E-state index contributed by atoms with van der Waals surface area (Å²) in [4.78, 5) is 8.49. The lowest BCUT2D eigenvalue weighted by Gasteiger charge is -2.12. The van der Waals surface area contributed by atoms with Crippen molar-refractivity contribution >= 4 is 11.0 Å². The quantitative estimate of drug-likeness (QED) is 0.719. The van der Waals surface area contributed by atoms with E-state index in [0.29, 0.717) is 16.8 Å². The molecule has 0 aliphatic rings. The number of nitrogens with zero attached hydrogens (tertiary/aromatic N) is 5. The summed E-state index contributed by atoms with van der Waals surface area (Å²) in [6.07, 6.45) is 3.97. The molecule has 0 saturated heterocycles. The molecule has 90 valence electrons. The first-order valence-corrected chi connectivity index (χ1v) is 5.49. The van der Waals surface area contributed by atoms with Crippen LogP contribution in [-0.4, -0.2) is 30.1 Å². The Labute approximate surface area is 103 Å². The van der Waals surface area contributed by atoms with E-state index < -0.39 is 6.10 Å². The number of benzene rings is 1. The topological polar surface area (TPSA) is 76.7 Å². The molecule has 0 amide bonds. The number of hydrogen-bond acceptors (Lipinski definition) is 5. The van der Waals surface area contributed by atoms with Gasteiger partial charge in [0.1, 0.15) is 6.10 Å². The number of aliphatic hydroxyl groups excluding tert-OH is 1. The zero-order valence-electron chi connectivity index (χ0n) is 9.72. The summed E-state index contributed by atoms with van der Waals surface area (Å²) in [5, 5.41) is 18.0. The number of rotatable bonds is 2. The second-order valence-electron chi connectivity index (χ2n) is 3.96. The summed E-state index contributed by atoms with van der Waals surface area (Å²) >= 11 is 0. The van der Waals surface area contributed by atoms with E-state index in [1.807, 2.05) is 18.2 Å². The summed E-state index contributed by atoms with van der Waals surface area (Å²) in [7, 11) is 1.74. The molecule has 6 heteroatoms. The van der Waals surface area contributed by atoms with Gasteiger partial charge in [0.25, 0.3) is 0 Å². The molecule has 18 heavy (non-hydrogen) atoms. The first-order valence-electron chi connectivity index (χ1n) is 5.49. The lowest BCUT2D eigenvalue weighted by atomic mass is 10.0. The van der Waals surface area contributed by atoms with Crippen LogP contribution in [0.25, 0.3) is 11.0 Å². The summed E-state index contributed by atoms with van der Waals surface area (Å²) < 4.78 is 1.54. The van der Waals surface area contributed by atoms with Crippen molar-refractivity contribution in [1.29, 1.82) is 0 Å². The van der Waals surface area contributed by atoms with Crippen molar-refractivity contribution in [3.8, 4) is 0 Å². The van der Waals surface area contributed by atoms with Gasteiger partial charge in [-0.1, -0.05) is 17.3 Å². The average Bonchev–Trinajstić information content (AvgIpc) is 2.83. The molecule has 0 saturated carbocycles. The molecule has 0 aliphatic carbocycles. The van der Waals surface area contributed by atoms with Crippen molar-refractivity contribution < 1.29 is 5.11 Å². The van der Waals surface area contributed by atoms with Gasteiger partial charge in [-0.05, 0) is 6.07 Å². The molecule has 6 nitrogen and oxygen atoms in total. The van der Waals surface area contributed by atoms with Gasteiger partial charge in [-0.2, -0.15) is 0 Å². The van der Waals surface area contributed by atoms with Gasteiger partial charge < -0.3 is 5.11 Å². The lowest BCUT2D eigenvalue weighted by molar-refractivity contribution is 0.211. The fraction of sp³-hybridized carbons (Fsp3) is 0.167. The van der Waals surface area contributed by atoms with Crippen LogP contribution in [0.4, 0.5) is 0 Å². The van der Waals surface area contributed by atoms with Crippen LogP contribution in [0.3, 0.4) is 0 Å². The highest BCUT2D eigenvalue weighted by Gasteiger charge is 2.18. The van der Waals surface area contributed by atoms with Crippen LogP contribution in [0, 0.1) is 0 Å². The maximum Gasteiger partial charge on any atom is 0.124 e. The normalized spacial score (nSPS) is 12.8. The number of hydrogen-bond donors (Lipinski definition) is 1. The highest BCUT2D eigenvalue weighted by Crippen LogP contribution is 2.25. The van der Waals surface area contributed by atoms with Gasteiger partial charge in [-0.3, -0.25) is 9.97 Å². The third kappa shape index (κ3) is 1.63. The van der Waals surface area contributed by atoms with Gasteiger partial charge in [0.05, 0.1) is 22.9 Å². The number of aliphatic hydroxyl groups is 1. The first-order chi connectivity index (χ1) is 8.77. The molecule has 3 rings (SSSR count). The smallest absolute Gasteiger partial charge is 0.124 e. The van der Waals surface area contributed by atoms with E-state index in [4.69, 9.17) is 0 Å². The number of aryl methyl sites for hydroxylation is 1. The van der Waals surface area contributed by atoms with Crippen LogP contribution >= 0.6 is 0 Å². The molecule has 2 aromatic heterocycles. The fourth-order valence-electron chi connectivity index (χ4n) is 1.94. The van der Waals surface area contributed by atoms with Gasteiger partial charge in [0, 0.05) is 25.0 Å². The van der Waals surface area contributed by atoms with Gasteiger partial charge in [0.2, 0.25) is 0 Å². The molecule has 3 aromatic rings. The minimum Gasteiger partial charge on any atom is -0.382 e. The minimum atomic E-state index is -0.814. The summed E-state index contributed by atoms with van der Waals surface area (Å²) in [6, 6.07) is 5.54. The maximum absolute atomic E-state index is 10.4. The molecule has 0 spiro atoms. The van der Waals surface area contributed by atoms with Crippen LogP contribution in [-0.2, 0) is 7.05 Å². The van der Waals surface area contributed by atoms with E-state index in [1.165, 1.54) is 0 Å².